The summed E-state index contributed by atoms with van der Waals surface area (Å²) in [5, 5.41) is 0. The molecule has 2 aliphatic heterocycles. The minimum Gasteiger partial charge on any atom is -0.352 e. The summed E-state index contributed by atoms with van der Waals surface area (Å²) in [6.45, 7) is 1.53. The Kier molecular flexibility index (Phi) is 1.44. The molecule has 50 valence electrons. The van der Waals surface area contributed by atoms with E-state index in [2.05, 4.69) is 6.42 Å². The third-order valence-corrected chi connectivity index (χ3v) is 1.86. The predicted molar refractivity (Wildman–Crippen MR) is 31.7 cm³/mol. The first kappa shape index (κ1) is 5.69. The molecule has 2 atom stereocenters. The summed E-state index contributed by atoms with van der Waals surface area (Å²) in [7, 11) is 0. The molecule has 2 radical (unpaired) electrons. The molecule has 0 aliphatic carbocycles. The maximum atomic E-state index is 5.32. The van der Waals surface area contributed by atoms with Crippen molar-refractivity contribution >= 4 is 0 Å². The van der Waals surface area contributed by atoms with Gasteiger partial charge < -0.3 is 9.47 Å². The molecule has 0 saturated carbocycles. The number of fused-ring (bicyclic) bond motifs is 1. The van der Waals surface area contributed by atoms with Crippen molar-refractivity contribution in [3.8, 4) is 0 Å². The van der Waals surface area contributed by atoms with Crippen LogP contribution in [0.15, 0.2) is 0 Å². The van der Waals surface area contributed by atoms with Crippen molar-refractivity contribution in [3.05, 3.63) is 6.42 Å². The largest absolute Gasteiger partial charge is 0.352 e. The molecule has 0 aromatic heterocycles. The molecule has 0 spiro atoms. The number of hydrogen-bond acceptors (Lipinski definition) is 2. The van der Waals surface area contributed by atoms with E-state index in [1.54, 1.807) is 0 Å². The highest BCUT2D eigenvalue weighted by atomic mass is 16.7. The van der Waals surface area contributed by atoms with Crippen LogP contribution in [0.2, 0.25) is 0 Å². The molecule has 2 saturated heterocycles. The first-order chi connectivity index (χ1) is 4.47. The monoisotopic (exact) mass is 126 g/mol. The van der Waals surface area contributed by atoms with Gasteiger partial charge in [-0.05, 0) is 12.8 Å². The SMILES string of the molecule is [C]1CO[C@H]2OCCC[C@@H]12. The number of ether oxygens (including phenoxy) is 2. The quantitative estimate of drug-likeness (QED) is 0.479. The molecule has 2 heterocycles. The van der Waals surface area contributed by atoms with Crippen molar-refractivity contribution in [1.29, 1.82) is 0 Å². The van der Waals surface area contributed by atoms with Crippen LogP contribution in [-0.2, 0) is 9.47 Å². The lowest BCUT2D eigenvalue weighted by molar-refractivity contribution is -0.150. The highest BCUT2D eigenvalue weighted by Gasteiger charge is 2.31. The van der Waals surface area contributed by atoms with Crippen molar-refractivity contribution in [2.24, 2.45) is 5.92 Å². The second kappa shape index (κ2) is 2.27. The van der Waals surface area contributed by atoms with Crippen molar-refractivity contribution < 1.29 is 9.47 Å². The molecule has 9 heavy (non-hydrogen) atoms. The lowest BCUT2D eigenvalue weighted by atomic mass is 10.00. The fraction of sp³-hybridized carbons (Fsp3) is 0.857. The fourth-order valence-electron chi connectivity index (χ4n) is 1.35. The van der Waals surface area contributed by atoms with Crippen molar-refractivity contribution in [2.75, 3.05) is 13.2 Å². The van der Waals surface area contributed by atoms with Gasteiger partial charge in [-0.1, -0.05) is 0 Å². The fourth-order valence-corrected chi connectivity index (χ4v) is 1.35. The Labute approximate surface area is 55.1 Å². The minimum atomic E-state index is 0.0544. The van der Waals surface area contributed by atoms with Gasteiger partial charge >= 0.3 is 0 Å². The smallest absolute Gasteiger partial charge is 0.161 e. The molecule has 2 heteroatoms. The lowest BCUT2D eigenvalue weighted by Crippen LogP contribution is -2.25. The zero-order chi connectivity index (χ0) is 6.10. The standard InChI is InChI=1S/C7H10O2/c1-2-6-3-5-9-7(6)8-4-1/h6-7H,1-2,4-5H2/t6-,7+/m0/s1. The van der Waals surface area contributed by atoms with Gasteiger partial charge in [-0.25, -0.2) is 0 Å². The molecule has 0 N–H and O–H groups in total. The molecule has 0 bridgehead atoms. The first-order valence-corrected chi connectivity index (χ1v) is 3.43. The van der Waals surface area contributed by atoms with E-state index in [4.69, 9.17) is 9.47 Å². The van der Waals surface area contributed by atoms with Gasteiger partial charge in [0.1, 0.15) is 0 Å². The summed E-state index contributed by atoms with van der Waals surface area (Å²) >= 11 is 0. The van der Waals surface area contributed by atoms with Crippen LogP contribution in [0.3, 0.4) is 0 Å². The number of rotatable bonds is 0. The molecule has 0 amide bonds. The molecule has 2 aliphatic rings. The van der Waals surface area contributed by atoms with Gasteiger partial charge in [0.15, 0.2) is 6.29 Å². The second-order valence-electron chi connectivity index (χ2n) is 2.50. The molecule has 0 unspecified atom stereocenters. The Morgan fingerprint density at radius 3 is 3.22 bits per heavy atom. The van der Waals surface area contributed by atoms with Crippen molar-refractivity contribution in [3.63, 3.8) is 0 Å². The van der Waals surface area contributed by atoms with Gasteiger partial charge in [-0.3, -0.25) is 0 Å². The summed E-state index contributed by atoms with van der Waals surface area (Å²) in [5.74, 6) is 0.471. The Morgan fingerprint density at radius 2 is 2.33 bits per heavy atom. The Balaban J connectivity index is 1.97. The molecular formula is C7H10O2. The topological polar surface area (TPSA) is 18.5 Å². The highest BCUT2D eigenvalue weighted by Crippen LogP contribution is 2.28. The first-order valence-electron chi connectivity index (χ1n) is 3.43. The highest BCUT2D eigenvalue weighted by molar-refractivity contribution is 4.86. The van der Waals surface area contributed by atoms with Crippen LogP contribution in [0.4, 0.5) is 0 Å². The van der Waals surface area contributed by atoms with Gasteiger partial charge in [-0.15, -0.1) is 0 Å². The van der Waals surface area contributed by atoms with E-state index in [0.717, 1.165) is 13.0 Å². The van der Waals surface area contributed by atoms with Crippen LogP contribution in [-0.4, -0.2) is 19.5 Å². The van der Waals surface area contributed by atoms with Gasteiger partial charge in [0, 0.05) is 18.9 Å². The normalized spacial score (nSPS) is 42.7. The second-order valence-corrected chi connectivity index (χ2v) is 2.50. The molecule has 2 nitrogen and oxygen atoms in total. The van der Waals surface area contributed by atoms with Crippen LogP contribution >= 0.6 is 0 Å². The summed E-state index contributed by atoms with van der Waals surface area (Å²) in [6, 6.07) is 0. The summed E-state index contributed by atoms with van der Waals surface area (Å²) in [5.41, 5.74) is 0. The Hall–Kier alpha value is -0.0800. The van der Waals surface area contributed by atoms with E-state index in [0.29, 0.717) is 12.5 Å². The average molecular weight is 126 g/mol. The van der Waals surface area contributed by atoms with Crippen LogP contribution < -0.4 is 0 Å². The van der Waals surface area contributed by atoms with Gasteiger partial charge in [0.05, 0.1) is 6.61 Å². The minimum absolute atomic E-state index is 0.0544. The summed E-state index contributed by atoms with van der Waals surface area (Å²) in [4.78, 5) is 0. The molecule has 2 fully saturated rings. The third-order valence-electron chi connectivity index (χ3n) is 1.86. The third kappa shape index (κ3) is 0.970. The Morgan fingerprint density at radius 1 is 1.33 bits per heavy atom. The molecule has 0 aromatic rings. The molecular weight excluding hydrogens is 116 g/mol. The van der Waals surface area contributed by atoms with Gasteiger partial charge in [0.25, 0.3) is 0 Å². The van der Waals surface area contributed by atoms with E-state index in [1.807, 2.05) is 0 Å². The number of hydrogen-bond donors (Lipinski definition) is 0. The van der Waals surface area contributed by atoms with E-state index in [9.17, 15) is 0 Å². The van der Waals surface area contributed by atoms with Crippen LogP contribution in [0.1, 0.15) is 12.8 Å². The predicted octanol–water partition coefficient (Wildman–Crippen LogP) is 0.851. The van der Waals surface area contributed by atoms with Gasteiger partial charge in [-0.2, -0.15) is 0 Å². The van der Waals surface area contributed by atoms with E-state index in [-0.39, 0.29) is 6.29 Å². The lowest BCUT2D eigenvalue weighted by Gasteiger charge is -2.23. The van der Waals surface area contributed by atoms with E-state index in [1.165, 1.54) is 6.42 Å². The van der Waals surface area contributed by atoms with Crippen LogP contribution in [0.5, 0.6) is 0 Å². The Bertz CT molecular complexity index is 91.1. The maximum absolute atomic E-state index is 5.32. The van der Waals surface area contributed by atoms with Crippen molar-refractivity contribution in [2.45, 2.75) is 19.1 Å². The zero-order valence-electron chi connectivity index (χ0n) is 5.30. The van der Waals surface area contributed by atoms with Crippen LogP contribution in [0, 0.1) is 12.3 Å². The zero-order valence-corrected chi connectivity index (χ0v) is 5.30. The van der Waals surface area contributed by atoms with E-state index < -0.39 is 0 Å². The summed E-state index contributed by atoms with van der Waals surface area (Å²) in [6.07, 6.45) is 5.63. The van der Waals surface area contributed by atoms with Gasteiger partial charge in [0.2, 0.25) is 0 Å². The molecule has 0 aromatic carbocycles. The summed E-state index contributed by atoms with van der Waals surface area (Å²) < 4.78 is 10.5. The van der Waals surface area contributed by atoms with E-state index >= 15 is 0 Å². The average Bonchev–Trinajstić information content (AvgIpc) is 2.33. The molecule has 2 rings (SSSR count). The van der Waals surface area contributed by atoms with Crippen LogP contribution in [0.25, 0.3) is 0 Å². The maximum Gasteiger partial charge on any atom is 0.161 e. The van der Waals surface area contributed by atoms with Crippen molar-refractivity contribution in [1.82, 2.24) is 0 Å².